The Morgan fingerprint density at radius 3 is 2.93 bits per heavy atom. The topological polar surface area (TPSA) is 35.5 Å². The third kappa shape index (κ3) is 3.95. The van der Waals surface area contributed by atoms with Crippen molar-refractivity contribution in [3.8, 4) is 0 Å². The summed E-state index contributed by atoms with van der Waals surface area (Å²) in [5.41, 5.74) is 0. The van der Waals surface area contributed by atoms with Gasteiger partial charge < -0.3 is 10.4 Å². The molecule has 0 saturated carbocycles. The van der Waals surface area contributed by atoms with Crippen LogP contribution in [-0.2, 0) is 0 Å². The number of likely N-dealkylation sites (tertiary alicyclic amines) is 1. The predicted octanol–water partition coefficient (Wildman–Crippen LogP) is 0.833. The van der Waals surface area contributed by atoms with Crippen molar-refractivity contribution in [1.82, 2.24) is 10.2 Å². The Bertz CT molecular complexity index is 139. The van der Waals surface area contributed by atoms with Crippen molar-refractivity contribution in [3.63, 3.8) is 0 Å². The van der Waals surface area contributed by atoms with Crippen LogP contribution in [0.2, 0.25) is 0 Å². The largest absolute Gasteiger partial charge is 0.396 e. The monoisotopic (exact) mass is 200 g/mol. The Balaban J connectivity index is 2.22. The van der Waals surface area contributed by atoms with E-state index >= 15 is 0 Å². The fourth-order valence-electron chi connectivity index (χ4n) is 2.25. The lowest BCUT2D eigenvalue weighted by Gasteiger charge is -2.35. The first-order valence-corrected chi connectivity index (χ1v) is 5.88. The molecule has 1 rings (SSSR count). The highest BCUT2D eigenvalue weighted by Crippen LogP contribution is 2.16. The normalized spacial score (nSPS) is 24.0. The van der Waals surface area contributed by atoms with Gasteiger partial charge in [-0.2, -0.15) is 0 Å². The highest BCUT2D eigenvalue weighted by molar-refractivity contribution is 4.78. The average molecular weight is 200 g/mol. The van der Waals surface area contributed by atoms with E-state index in [2.05, 4.69) is 10.2 Å². The summed E-state index contributed by atoms with van der Waals surface area (Å²) in [6.07, 6.45) is 6.14. The number of hydrogen-bond donors (Lipinski definition) is 2. The standard InChI is InChI=1S/C11H24N2O/c1-12-10-11-6-2-3-7-13(11)8-4-5-9-14/h11-12,14H,2-10H2,1H3. The second-order valence-corrected chi connectivity index (χ2v) is 4.17. The van der Waals surface area contributed by atoms with Gasteiger partial charge in [-0.15, -0.1) is 0 Å². The maximum absolute atomic E-state index is 8.73. The van der Waals surface area contributed by atoms with Gasteiger partial charge in [0.15, 0.2) is 0 Å². The van der Waals surface area contributed by atoms with E-state index in [9.17, 15) is 0 Å². The molecule has 0 aromatic heterocycles. The number of nitrogens with one attached hydrogen (secondary N) is 1. The molecule has 1 saturated heterocycles. The number of aliphatic hydroxyl groups is 1. The second-order valence-electron chi connectivity index (χ2n) is 4.17. The van der Waals surface area contributed by atoms with Crippen molar-refractivity contribution < 1.29 is 5.11 Å². The van der Waals surface area contributed by atoms with Gasteiger partial charge in [0.2, 0.25) is 0 Å². The number of likely N-dealkylation sites (N-methyl/N-ethyl adjacent to an activating group) is 1. The lowest BCUT2D eigenvalue weighted by molar-refractivity contribution is 0.141. The van der Waals surface area contributed by atoms with Crippen LogP contribution in [0.15, 0.2) is 0 Å². The van der Waals surface area contributed by atoms with Crippen LogP contribution in [0.4, 0.5) is 0 Å². The lowest BCUT2D eigenvalue weighted by atomic mass is 10.0. The maximum atomic E-state index is 8.73. The van der Waals surface area contributed by atoms with Gasteiger partial charge in [-0.1, -0.05) is 6.42 Å². The molecule has 2 N–H and O–H groups in total. The summed E-state index contributed by atoms with van der Waals surface area (Å²) >= 11 is 0. The maximum Gasteiger partial charge on any atom is 0.0431 e. The summed E-state index contributed by atoms with van der Waals surface area (Å²) in [5, 5.41) is 12.0. The van der Waals surface area contributed by atoms with E-state index in [1.54, 1.807) is 0 Å². The summed E-state index contributed by atoms with van der Waals surface area (Å²) in [5.74, 6) is 0. The SMILES string of the molecule is CNCC1CCCCN1CCCCO. The summed E-state index contributed by atoms with van der Waals surface area (Å²) in [4.78, 5) is 2.58. The van der Waals surface area contributed by atoms with Crippen LogP contribution in [0.5, 0.6) is 0 Å². The Hall–Kier alpha value is -0.120. The summed E-state index contributed by atoms with van der Waals surface area (Å²) in [7, 11) is 2.03. The van der Waals surface area contributed by atoms with Gasteiger partial charge in [-0.25, -0.2) is 0 Å². The predicted molar refractivity (Wildman–Crippen MR) is 59.5 cm³/mol. The van der Waals surface area contributed by atoms with Crippen LogP contribution in [0.1, 0.15) is 32.1 Å². The molecule has 1 heterocycles. The first-order chi connectivity index (χ1) is 6.88. The van der Waals surface area contributed by atoms with Crippen LogP contribution in [0, 0.1) is 0 Å². The summed E-state index contributed by atoms with van der Waals surface area (Å²) in [6.45, 7) is 3.86. The zero-order valence-corrected chi connectivity index (χ0v) is 9.34. The van der Waals surface area contributed by atoms with Crippen LogP contribution in [0.3, 0.4) is 0 Å². The van der Waals surface area contributed by atoms with Crippen molar-refractivity contribution in [2.24, 2.45) is 0 Å². The molecule has 1 atom stereocenters. The Kier molecular flexibility index (Phi) is 6.15. The molecule has 0 aromatic carbocycles. The smallest absolute Gasteiger partial charge is 0.0431 e. The van der Waals surface area contributed by atoms with Crippen LogP contribution < -0.4 is 5.32 Å². The van der Waals surface area contributed by atoms with E-state index in [0.717, 1.165) is 32.0 Å². The van der Waals surface area contributed by atoms with E-state index in [4.69, 9.17) is 5.11 Å². The molecular weight excluding hydrogens is 176 g/mol. The highest BCUT2D eigenvalue weighted by Gasteiger charge is 2.20. The number of nitrogens with zero attached hydrogens (tertiary/aromatic N) is 1. The molecule has 3 heteroatoms. The minimum atomic E-state index is 0.338. The molecule has 0 aliphatic carbocycles. The minimum absolute atomic E-state index is 0.338. The van der Waals surface area contributed by atoms with Crippen LogP contribution >= 0.6 is 0 Å². The minimum Gasteiger partial charge on any atom is -0.396 e. The molecule has 1 unspecified atom stereocenters. The van der Waals surface area contributed by atoms with Crippen molar-refractivity contribution in [2.45, 2.75) is 38.1 Å². The fourth-order valence-corrected chi connectivity index (χ4v) is 2.25. The first kappa shape index (κ1) is 12.0. The second kappa shape index (κ2) is 7.21. The summed E-state index contributed by atoms with van der Waals surface area (Å²) in [6, 6.07) is 0.729. The van der Waals surface area contributed by atoms with E-state index in [0.29, 0.717) is 6.61 Å². The zero-order valence-electron chi connectivity index (χ0n) is 9.34. The number of piperidine rings is 1. The molecule has 1 aliphatic rings. The van der Waals surface area contributed by atoms with Gasteiger partial charge >= 0.3 is 0 Å². The van der Waals surface area contributed by atoms with Crippen molar-refractivity contribution in [3.05, 3.63) is 0 Å². The Labute approximate surface area is 87.5 Å². The van der Waals surface area contributed by atoms with E-state index in [1.165, 1.54) is 25.8 Å². The molecule has 1 fully saturated rings. The quantitative estimate of drug-likeness (QED) is 0.624. The number of rotatable bonds is 6. The van der Waals surface area contributed by atoms with Crippen molar-refractivity contribution in [2.75, 3.05) is 33.3 Å². The third-order valence-electron chi connectivity index (χ3n) is 3.04. The average Bonchev–Trinajstić information content (AvgIpc) is 2.21. The van der Waals surface area contributed by atoms with Gasteiger partial charge in [0, 0.05) is 19.2 Å². The molecule has 14 heavy (non-hydrogen) atoms. The molecule has 0 radical (unpaired) electrons. The molecule has 0 bridgehead atoms. The Morgan fingerprint density at radius 1 is 1.36 bits per heavy atom. The number of aliphatic hydroxyl groups excluding tert-OH is 1. The fraction of sp³-hybridized carbons (Fsp3) is 1.00. The van der Waals surface area contributed by atoms with Gasteiger partial charge in [-0.3, -0.25) is 4.90 Å². The number of unbranched alkanes of at least 4 members (excludes halogenated alkanes) is 1. The van der Waals surface area contributed by atoms with Gasteiger partial charge in [0.25, 0.3) is 0 Å². The zero-order chi connectivity index (χ0) is 10.2. The molecule has 84 valence electrons. The summed E-state index contributed by atoms with van der Waals surface area (Å²) < 4.78 is 0. The molecule has 0 aromatic rings. The molecule has 3 nitrogen and oxygen atoms in total. The van der Waals surface area contributed by atoms with Crippen molar-refractivity contribution in [1.29, 1.82) is 0 Å². The van der Waals surface area contributed by atoms with E-state index in [1.807, 2.05) is 7.05 Å². The molecule has 0 spiro atoms. The lowest BCUT2D eigenvalue weighted by Crippen LogP contribution is -2.45. The van der Waals surface area contributed by atoms with Gasteiger partial charge in [0.1, 0.15) is 0 Å². The first-order valence-electron chi connectivity index (χ1n) is 5.88. The number of hydrogen-bond acceptors (Lipinski definition) is 3. The third-order valence-corrected chi connectivity index (χ3v) is 3.04. The van der Waals surface area contributed by atoms with Crippen LogP contribution in [-0.4, -0.2) is 49.3 Å². The van der Waals surface area contributed by atoms with Crippen LogP contribution in [0.25, 0.3) is 0 Å². The molecule has 1 aliphatic heterocycles. The molecular formula is C11H24N2O. The van der Waals surface area contributed by atoms with Gasteiger partial charge in [-0.05, 0) is 45.8 Å². The highest BCUT2D eigenvalue weighted by atomic mass is 16.2. The van der Waals surface area contributed by atoms with Gasteiger partial charge in [0.05, 0.1) is 0 Å². The Morgan fingerprint density at radius 2 is 2.21 bits per heavy atom. The van der Waals surface area contributed by atoms with Crippen molar-refractivity contribution >= 4 is 0 Å². The van der Waals surface area contributed by atoms with E-state index < -0.39 is 0 Å². The molecule has 0 amide bonds. The van der Waals surface area contributed by atoms with E-state index in [-0.39, 0.29) is 0 Å².